The average molecular weight is 923 g/mol. The molecule has 0 saturated carbocycles. The highest BCUT2D eigenvalue weighted by Gasteiger charge is 2.14. The van der Waals surface area contributed by atoms with Gasteiger partial charge >= 0.3 is 0 Å². The number of aromatic hydroxyl groups is 1. The van der Waals surface area contributed by atoms with Crippen LogP contribution in [0.4, 0.5) is 0 Å². The zero-order valence-corrected chi connectivity index (χ0v) is 34.3. The third-order valence-corrected chi connectivity index (χ3v) is 8.54. The van der Waals surface area contributed by atoms with E-state index in [2.05, 4.69) is 61.9 Å². The average Bonchev–Trinajstić information content (AvgIpc) is 3.18. The van der Waals surface area contributed by atoms with E-state index in [0.29, 0.717) is 107 Å². The predicted molar refractivity (Wildman–Crippen MR) is 208 cm³/mol. The van der Waals surface area contributed by atoms with Gasteiger partial charge in [-0.3, -0.25) is 4.18 Å². The molecule has 2 aromatic heterocycles. The van der Waals surface area contributed by atoms with E-state index in [1.165, 1.54) is 12.1 Å². The van der Waals surface area contributed by atoms with Gasteiger partial charge in [0, 0.05) is 35.3 Å². The summed E-state index contributed by atoms with van der Waals surface area (Å²) in [5.41, 5.74) is 17.1. The summed E-state index contributed by atoms with van der Waals surface area (Å²) in [6, 6.07) is 13.3. The summed E-state index contributed by atoms with van der Waals surface area (Å²) in [6.07, 6.45) is 3.29. The lowest BCUT2D eigenvalue weighted by molar-refractivity contribution is 0.0105. The molecule has 3 aromatic rings. The molecular weight excluding hydrogens is 876 g/mol. The van der Waals surface area contributed by atoms with Gasteiger partial charge in [0.05, 0.1) is 90.8 Å². The van der Waals surface area contributed by atoms with Crippen molar-refractivity contribution in [2.45, 2.75) is 11.8 Å². The van der Waals surface area contributed by atoms with Gasteiger partial charge in [0.25, 0.3) is 10.1 Å². The van der Waals surface area contributed by atoms with Crippen molar-refractivity contribution in [3.8, 4) is 11.5 Å². The Bertz CT molecular complexity index is 1620. The first-order chi connectivity index (χ1) is 26.7. The molecule has 0 spiro atoms. The zero-order valence-electron chi connectivity index (χ0n) is 30.4. The minimum Gasteiger partial charge on any atom is -0.505 e. The number of azide groups is 2. The van der Waals surface area contributed by atoms with Gasteiger partial charge < -0.3 is 38.3 Å². The van der Waals surface area contributed by atoms with Gasteiger partial charge in [0.1, 0.15) is 21.6 Å². The second-order valence-corrected chi connectivity index (χ2v) is 13.2. The van der Waals surface area contributed by atoms with Gasteiger partial charge in [0.2, 0.25) is 0 Å². The van der Waals surface area contributed by atoms with E-state index in [-0.39, 0.29) is 23.9 Å². The smallest absolute Gasteiger partial charge is 0.297 e. The lowest BCUT2D eigenvalue weighted by Crippen LogP contribution is -2.14. The van der Waals surface area contributed by atoms with Crippen LogP contribution in [0.2, 0.25) is 0 Å². The van der Waals surface area contributed by atoms with Crippen molar-refractivity contribution < 1.29 is 50.9 Å². The topological polar surface area (TPSA) is 252 Å². The van der Waals surface area contributed by atoms with E-state index in [4.69, 9.17) is 53.5 Å². The number of nitrogens with zero attached hydrogens (tertiary/aromatic N) is 8. The van der Waals surface area contributed by atoms with Crippen LogP contribution < -0.4 is 4.74 Å². The molecular formula is C33H46Br2N8O11S. The minimum atomic E-state index is -3.75. The summed E-state index contributed by atoms with van der Waals surface area (Å²) in [5, 5.41) is 15.5. The number of ether oxygens (including phenoxy) is 7. The molecule has 19 nitrogen and oxygen atoms in total. The van der Waals surface area contributed by atoms with Crippen LogP contribution in [0.1, 0.15) is 5.56 Å². The van der Waals surface area contributed by atoms with E-state index in [1.807, 2.05) is 19.1 Å². The largest absolute Gasteiger partial charge is 0.505 e. The molecule has 0 aliphatic heterocycles. The van der Waals surface area contributed by atoms with Crippen molar-refractivity contribution in [1.82, 2.24) is 9.97 Å². The molecule has 0 aliphatic rings. The summed E-state index contributed by atoms with van der Waals surface area (Å²) in [7, 11) is -3.75. The van der Waals surface area contributed by atoms with Gasteiger partial charge in [-0.25, -0.2) is 9.97 Å². The van der Waals surface area contributed by atoms with Gasteiger partial charge in [-0.15, -0.1) is 0 Å². The molecule has 3 rings (SSSR count). The van der Waals surface area contributed by atoms with Gasteiger partial charge in [0.15, 0.2) is 5.75 Å². The van der Waals surface area contributed by atoms with Crippen LogP contribution >= 0.6 is 31.9 Å². The van der Waals surface area contributed by atoms with Crippen LogP contribution in [-0.4, -0.2) is 129 Å². The van der Waals surface area contributed by atoms with Crippen LogP contribution in [0, 0.1) is 6.92 Å². The maximum Gasteiger partial charge on any atom is 0.297 e. The van der Waals surface area contributed by atoms with Crippen LogP contribution in [0.3, 0.4) is 0 Å². The number of hydrogen-bond donors (Lipinski definition) is 1. The van der Waals surface area contributed by atoms with Crippen LogP contribution in [0.25, 0.3) is 20.9 Å². The fraction of sp³-hybridized carbons (Fsp3) is 0.515. The van der Waals surface area contributed by atoms with Gasteiger partial charge in [-0.2, -0.15) is 8.42 Å². The molecule has 0 saturated heterocycles. The molecule has 0 unspecified atom stereocenters. The Morgan fingerprint density at radius 2 is 1.07 bits per heavy atom. The first-order valence-electron chi connectivity index (χ1n) is 16.7. The molecule has 0 fully saturated rings. The molecule has 22 heteroatoms. The van der Waals surface area contributed by atoms with Crippen molar-refractivity contribution in [3.63, 3.8) is 0 Å². The Kier molecular flexibility index (Phi) is 30.3. The number of pyridine rings is 2. The summed E-state index contributed by atoms with van der Waals surface area (Å²) in [5.74, 6) is 0.868. The molecule has 1 N–H and O–H groups in total. The third kappa shape index (κ3) is 27.6. The number of benzene rings is 1. The van der Waals surface area contributed by atoms with E-state index in [0.717, 1.165) is 5.56 Å². The SMILES string of the molecule is Cc1ccc(S(=O)(=O)OCCOCCOCCOCCN=[N+]=[N-])cc1.Oc1cccnc1Br.[N-]=[N+]=NCCOCCOCCOCCOc1cccnc1Br. The highest BCUT2D eigenvalue weighted by Crippen LogP contribution is 2.20. The second kappa shape index (κ2) is 33.7. The number of hydrogen-bond acceptors (Lipinski definition) is 15. The summed E-state index contributed by atoms with van der Waals surface area (Å²) in [4.78, 5) is 13.2. The maximum atomic E-state index is 11.9. The van der Waals surface area contributed by atoms with Gasteiger partial charge in [-0.05, 0) is 86.2 Å². The van der Waals surface area contributed by atoms with E-state index < -0.39 is 10.1 Å². The van der Waals surface area contributed by atoms with Crippen molar-refractivity contribution in [1.29, 1.82) is 0 Å². The van der Waals surface area contributed by atoms with E-state index in [1.54, 1.807) is 36.7 Å². The zero-order chi connectivity index (χ0) is 40.2. The van der Waals surface area contributed by atoms with Crippen molar-refractivity contribution >= 4 is 42.0 Å². The number of halogens is 2. The highest BCUT2D eigenvalue weighted by atomic mass is 79.9. The number of aryl methyl sites for hydroxylation is 1. The summed E-state index contributed by atoms with van der Waals surface area (Å²) in [6.45, 7) is 7.75. The molecule has 0 aliphatic carbocycles. The Morgan fingerprint density at radius 1 is 0.636 bits per heavy atom. The normalized spacial score (nSPS) is 10.5. The number of aromatic nitrogens is 2. The fourth-order valence-corrected chi connectivity index (χ4v) is 4.93. The maximum absolute atomic E-state index is 11.9. The molecule has 304 valence electrons. The molecule has 2 heterocycles. The van der Waals surface area contributed by atoms with Crippen LogP contribution in [-0.2, 0) is 42.7 Å². The summed E-state index contributed by atoms with van der Waals surface area (Å²) >= 11 is 6.34. The second-order valence-electron chi connectivity index (χ2n) is 10.1. The Balaban J connectivity index is 0.000000459. The molecule has 55 heavy (non-hydrogen) atoms. The quantitative estimate of drug-likeness (QED) is 0.0224. The Morgan fingerprint density at radius 3 is 1.51 bits per heavy atom. The number of rotatable bonds is 27. The minimum absolute atomic E-state index is 0.0568. The van der Waals surface area contributed by atoms with E-state index >= 15 is 0 Å². The lowest BCUT2D eigenvalue weighted by Gasteiger charge is -2.08. The molecule has 1 aromatic carbocycles. The molecule has 0 bridgehead atoms. The molecule has 0 atom stereocenters. The van der Waals surface area contributed by atoms with Crippen LogP contribution in [0.5, 0.6) is 11.5 Å². The van der Waals surface area contributed by atoms with Gasteiger partial charge in [-0.1, -0.05) is 27.9 Å². The Labute approximate surface area is 337 Å². The monoisotopic (exact) mass is 920 g/mol. The van der Waals surface area contributed by atoms with Crippen molar-refractivity contribution in [2.75, 3.05) is 106 Å². The van der Waals surface area contributed by atoms with E-state index in [9.17, 15) is 8.42 Å². The first-order valence-corrected chi connectivity index (χ1v) is 19.7. The fourth-order valence-electron chi connectivity index (χ4n) is 3.43. The highest BCUT2D eigenvalue weighted by molar-refractivity contribution is 9.10. The molecule has 0 radical (unpaired) electrons. The lowest BCUT2D eigenvalue weighted by atomic mass is 10.2. The molecule has 0 amide bonds. The van der Waals surface area contributed by atoms with Crippen molar-refractivity contribution in [3.05, 3.63) is 96.6 Å². The summed E-state index contributed by atoms with van der Waals surface area (Å²) < 4.78 is 66.9. The third-order valence-electron chi connectivity index (χ3n) is 6.01. The Hall–Kier alpha value is -3.63. The van der Waals surface area contributed by atoms with Crippen molar-refractivity contribution in [2.24, 2.45) is 10.2 Å². The predicted octanol–water partition coefficient (Wildman–Crippen LogP) is 6.19. The standard InChI is InChI=1S/C15H23N3O6S.C13H19BrN4O4.C5H4BrNO/c1-14-2-4-15(5-3-14)25(19,20)24-13-12-23-11-10-22-9-8-21-7-6-17-18-16;14-13-12(2-1-3-16-13)22-11-10-21-9-8-20-7-6-19-5-4-17-18-15;6-5-4(8)2-1-3-7-5/h2-5H,6-13H2,1H3;1-3H,4-11H2;1-3,8H. The van der Waals surface area contributed by atoms with Crippen LogP contribution in [0.15, 0.2) is 85.3 Å². The first kappa shape index (κ1) is 49.4.